The van der Waals surface area contributed by atoms with Crippen LogP contribution >= 0.6 is 0 Å². The van der Waals surface area contributed by atoms with E-state index < -0.39 is 0 Å². The zero-order valence-electron chi connectivity index (χ0n) is 15.3. The van der Waals surface area contributed by atoms with E-state index in [1.165, 1.54) is 58.0 Å². The monoisotopic (exact) mass is 346 g/mol. The predicted octanol–water partition coefficient (Wildman–Crippen LogP) is 2.99. The van der Waals surface area contributed by atoms with Gasteiger partial charge in [0, 0.05) is 18.2 Å². The van der Waals surface area contributed by atoms with Crippen molar-refractivity contribution in [2.45, 2.75) is 50.5 Å². The molecule has 25 heavy (non-hydrogen) atoms. The van der Waals surface area contributed by atoms with E-state index >= 15 is 0 Å². The molecule has 0 radical (unpaired) electrons. The number of ether oxygens (including phenoxy) is 2. The van der Waals surface area contributed by atoms with Crippen molar-refractivity contribution in [2.75, 3.05) is 33.4 Å². The van der Waals surface area contributed by atoms with Crippen LogP contribution < -0.4 is 14.8 Å². The molecule has 0 spiro atoms. The van der Waals surface area contributed by atoms with Crippen LogP contribution in [0.2, 0.25) is 0 Å². The Bertz CT molecular complexity index is 564. The third kappa shape index (κ3) is 4.66. The number of methoxy groups -OCH3 is 1. The maximum Gasteiger partial charge on any atom is 0.258 e. The molecule has 0 unspecified atom stereocenters. The van der Waals surface area contributed by atoms with Crippen LogP contribution in [0.4, 0.5) is 0 Å². The molecule has 5 nitrogen and oxygen atoms in total. The van der Waals surface area contributed by atoms with Crippen molar-refractivity contribution < 1.29 is 14.3 Å². The highest BCUT2D eigenvalue weighted by Gasteiger charge is 2.39. The summed E-state index contributed by atoms with van der Waals surface area (Å²) in [6.45, 7) is 3.14. The lowest BCUT2D eigenvalue weighted by Crippen LogP contribution is -2.56. The molecule has 1 saturated heterocycles. The normalized spacial score (nSPS) is 20.2. The van der Waals surface area contributed by atoms with E-state index in [4.69, 9.17) is 9.47 Å². The van der Waals surface area contributed by atoms with Gasteiger partial charge in [0.2, 0.25) is 0 Å². The molecule has 0 atom stereocenters. The average Bonchev–Trinajstić information content (AvgIpc) is 3.16. The number of rotatable bonds is 7. The minimum absolute atomic E-state index is 0.0449. The second kappa shape index (κ2) is 8.56. The van der Waals surface area contributed by atoms with Crippen LogP contribution in [0.1, 0.15) is 44.9 Å². The zero-order valence-corrected chi connectivity index (χ0v) is 15.3. The Balaban J connectivity index is 1.49. The van der Waals surface area contributed by atoms with Crippen molar-refractivity contribution in [1.82, 2.24) is 10.2 Å². The fourth-order valence-electron chi connectivity index (χ4n) is 4.16. The summed E-state index contributed by atoms with van der Waals surface area (Å²) < 4.78 is 10.8. The number of likely N-dealkylation sites (tertiary alicyclic amines) is 1. The van der Waals surface area contributed by atoms with Crippen LogP contribution in [0, 0.1) is 0 Å². The molecule has 3 rings (SSSR count). The molecule has 138 valence electrons. The molecule has 0 aromatic heterocycles. The van der Waals surface area contributed by atoms with Gasteiger partial charge >= 0.3 is 0 Å². The summed E-state index contributed by atoms with van der Waals surface area (Å²) in [6, 6.07) is 7.34. The number of nitrogens with zero attached hydrogens (tertiary/aromatic N) is 1. The van der Waals surface area contributed by atoms with Crippen LogP contribution in [-0.2, 0) is 4.79 Å². The number of piperidine rings is 1. The molecule has 1 aromatic carbocycles. The number of nitrogens with one attached hydrogen (secondary N) is 1. The van der Waals surface area contributed by atoms with E-state index in [1.54, 1.807) is 13.2 Å². The van der Waals surface area contributed by atoms with Gasteiger partial charge < -0.3 is 14.8 Å². The van der Waals surface area contributed by atoms with Gasteiger partial charge in [0.15, 0.2) is 6.61 Å². The Morgan fingerprint density at radius 2 is 1.84 bits per heavy atom. The highest BCUT2D eigenvalue weighted by atomic mass is 16.5. The Morgan fingerprint density at radius 3 is 2.56 bits per heavy atom. The molecule has 2 fully saturated rings. The fraction of sp³-hybridized carbons (Fsp3) is 0.650. The van der Waals surface area contributed by atoms with Crippen molar-refractivity contribution in [3.8, 4) is 11.5 Å². The number of hydrogen-bond acceptors (Lipinski definition) is 4. The maximum absolute atomic E-state index is 12.3. The third-order valence-corrected chi connectivity index (χ3v) is 5.59. The van der Waals surface area contributed by atoms with Crippen LogP contribution in [0.25, 0.3) is 0 Å². The highest BCUT2D eigenvalue weighted by molar-refractivity contribution is 5.77. The first-order valence-electron chi connectivity index (χ1n) is 9.50. The van der Waals surface area contributed by atoms with Gasteiger partial charge in [0.25, 0.3) is 5.91 Å². The molecular weight excluding hydrogens is 316 g/mol. The second-order valence-corrected chi connectivity index (χ2v) is 7.22. The lowest BCUT2D eigenvalue weighted by Gasteiger charge is -2.43. The molecule has 1 amide bonds. The molecule has 1 aromatic rings. The van der Waals surface area contributed by atoms with Crippen LogP contribution in [0.15, 0.2) is 24.3 Å². The van der Waals surface area contributed by atoms with E-state index in [0.717, 1.165) is 12.3 Å². The standard InChI is InChI=1S/C20H30N2O3/c1-24-17-8-7-9-18(14-17)25-15-19(23)21-16-20(10-3-4-11-20)22-12-5-2-6-13-22/h7-9,14H,2-6,10-13,15-16H2,1H3,(H,21,23). The average molecular weight is 346 g/mol. The number of carbonyl (C=O) groups excluding carboxylic acids is 1. The Kier molecular flexibility index (Phi) is 6.19. The first-order chi connectivity index (χ1) is 12.2. The first-order valence-corrected chi connectivity index (χ1v) is 9.50. The molecule has 1 heterocycles. The summed E-state index contributed by atoms with van der Waals surface area (Å²) in [5, 5.41) is 3.12. The molecule has 1 aliphatic heterocycles. The number of hydrogen-bond donors (Lipinski definition) is 1. The summed E-state index contributed by atoms with van der Waals surface area (Å²) >= 11 is 0. The molecule has 5 heteroatoms. The number of amides is 1. The summed E-state index contributed by atoms with van der Waals surface area (Å²) in [5.41, 5.74) is 0.173. The zero-order chi connectivity index (χ0) is 17.5. The van der Waals surface area contributed by atoms with Crippen LogP contribution in [-0.4, -0.2) is 49.7 Å². The van der Waals surface area contributed by atoms with Crippen molar-refractivity contribution in [1.29, 1.82) is 0 Å². The molecular formula is C20H30N2O3. The molecule has 1 N–H and O–H groups in total. The van der Waals surface area contributed by atoms with Gasteiger partial charge in [0.05, 0.1) is 7.11 Å². The number of carbonyl (C=O) groups is 1. The van der Waals surface area contributed by atoms with Crippen LogP contribution in [0.5, 0.6) is 11.5 Å². The first kappa shape index (κ1) is 18.1. The molecule has 1 aliphatic carbocycles. The van der Waals surface area contributed by atoms with Gasteiger partial charge in [-0.05, 0) is 50.9 Å². The smallest absolute Gasteiger partial charge is 0.258 e. The summed E-state index contributed by atoms with van der Waals surface area (Å²) in [4.78, 5) is 14.9. The summed E-state index contributed by atoms with van der Waals surface area (Å²) in [7, 11) is 1.62. The SMILES string of the molecule is COc1cccc(OCC(=O)NCC2(N3CCCCC3)CCCC2)c1. The van der Waals surface area contributed by atoms with Crippen molar-refractivity contribution in [2.24, 2.45) is 0 Å². The summed E-state index contributed by atoms with van der Waals surface area (Å²) in [5.74, 6) is 1.33. The lowest BCUT2D eigenvalue weighted by molar-refractivity contribution is -0.123. The van der Waals surface area contributed by atoms with Gasteiger partial charge in [-0.2, -0.15) is 0 Å². The molecule has 1 saturated carbocycles. The minimum Gasteiger partial charge on any atom is -0.497 e. The van der Waals surface area contributed by atoms with Gasteiger partial charge in [-0.25, -0.2) is 0 Å². The Labute approximate surface area is 150 Å². The highest BCUT2D eigenvalue weighted by Crippen LogP contribution is 2.36. The quantitative estimate of drug-likeness (QED) is 0.825. The number of benzene rings is 1. The van der Waals surface area contributed by atoms with Gasteiger partial charge in [0.1, 0.15) is 11.5 Å². The van der Waals surface area contributed by atoms with Crippen LogP contribution in [0.3, 0.4) is 0 Å². The Hall–Kier alpha value is -1.75. The van der Waals surface area contributed by atoms with Crippen molar-refractivity contribution in [3.05, 3.63) is 24.3 Å². The third-order valence-electron chi connectivity index (χ3n) is 5.59. The van der Waals surface area contributed by atoms with E-state index in [9.17, 15) is 4.79 Å². The second-order valence-electron chi connectivity index (χ2n) is 7.22. The molecule has 0 bridgehead atoms. The van der Waals surface area contributed by atoms with E-state index in [0.29, 0.717) is 5.75 Å². The molecule has 2 aliphatic rings. The lowest BCUT2D eigenvalue weighted by atomic mass is 9.92. The van der Waals surface area contributed by atoms with E-state index in [2.05, 4.69) is 10.2 Å². The topological polar surface area (TPSA) is 50.8 Å². The van der Waals surface area contributed by atoms with Gasteiger partial charge in [-0.3, -0.25) is 9.69 Å². The fourth-order valence-corrected chi connectivity index (χ4v) is 4.16. The van der Waals surface area contributed by atoms with E-state index in [1.807, 2.05) is 18.2 Å². The maximum atomic E-state index is 12.3. The summed E-state index contributed by atoms with van der Waals surface area (Å²) in [6.07, 6.45) is 8.85. The van der Waals surface area contributed by atoms with Gasteiger partial charge in [-0.15, -0.1) is 0 Å². The largest absolute Gasteiger partial charge is 0.497 e. The van der Waals surface area contributed by atoms with Crippen molar-refractivity contribution in [3.63, 3.8) is 0 Å². The van der Waals surface area contributed by atoms with Gasteiger partial charge in [-0.1, -0.05) is 25.3 Å². The van der Waals surface area contributed by atoms with E-state index in [-0.39, 0.29) is 18.1 Å². The predicted molar refractivity (Wildman–Crippen MR) is 98.1 cm³/mol. The van der Waals surface area contributed by atoms with Crippen molar-refractivity contribution >= 4 is 5.91 Å². The Morgan fingerprint density at radius 1 is 1.12 bits per heavy atom. The minimum atomic E-state index is -0.0499.